The Morgan fingerprint density at radius 3 is 2.52 bits per heavy atom. The van der Waals surface area contributed by atoms with Gasteiger partial charge in [0.1, 0.15) is 5.82 Å². The molecule has 2 aromatic carbocycles. The second kappa shape index (κ2) is 6.87. The average Bonchev–Trinajstić information content (AvgIpc) is 2.49. The summed E-state index contributed by atoms with van der Waals surface area (Å²) in [6, 6.07) is 16.0. The first-order chi connectivity index (χ1) is 10.1. The number of anilines is 2. The Labute approximate surface area is 123 Å². The van der Waals surface area contributed by atoms with E-state index < -0.39 is 11.9 Å². The molecule has 0 bridgehead atoms. The van der Waals surface area contributed by atoms with Crippen LogP contribution >= 0.6 is 0 Å². The molecule has 0 amide bonds. The zero-order valence-corrected chi connectivity index (χ0v) is 11.8. The lowest BCUT2D eigenvalue weighted by molar-refractivity contribution is 0.199. The van der Waals surface area contributed by atoms with Crippen molar-refractivity contribution in [2.75, 3.05) is 11.4 Å². The maximum atomic E-state index is 14.3. The number of rotatable bonds is 5. The standard InChI is InChI=1S/C17H17FN2O/c1-13(21)15-9-5-10-16(18)17(15)20(12-6-11-19)14-7-3-2-4-8-14/h2-5,7-10,13,21H,6,12H2,1H3/t13-/m1/s1. The Kier molecular flexibility index (Phi) is 4.91. The molecule has 1 atom stereocenters. The quantitative estimate of drug-likeness (QED) is 0.905. The van der Waals surface area contributed by atoms with Crippen molar-refractivity contribution in [2.24, 2.45) is 0 Å². The smallest absolute Gasteiger partial charge is 0.147 e. The van der Waals surface area contributed by atoms with Crippen LogP contribution in [0.5, 0.6) is 0 Å². The minimum Gasteiger partial charge on any atom is -0.389 e. The minimum absolute atomic E-state index is 0.266. The van der Waals surface area contributed by atoms with Gasteiger partial charge >= 0.3 is 0 Å². The predicted molar refractivity (Wildman–Crippen MR) is 80.7 cm³/mol. The molecule has 2 aromatic rings. The van der Waals surface area contributed by atoms with Crippen LogP contribution in [-0.4, -0.2) is 11.7 Å². The maximum absolute atomic E-state index is 14.3. The first-order valence-electron chi connectivity index (χ1n) is 6.81. The number of halogens is 1. The van der Waals surface area contributed by atoms with Gasteiger partial charge in [0, 0.05) is 17.8 Å². The highest BCUT2D eigenvalue weighted by Crippen LogP contribution is 2.34. The minimum atomic E-state index is -0.788. The number of hydrogen-bond donors (Lipinski definition) is 1. The topological polar surface area (TPSA) is 47.3 Å². The summed E-state index contributed by atoms with van der Waals surface area (Å²) in [7, 11) is 0. The van der Waals surface area contributed by atoms with Crippen molar-refractivity contribution >= 4 is 11.4 Å². The molecule has 0 aliphatic heterocycles. The van der Waals surface area contributed by atoms with Crippen LogP contribution in [0.25, 0.3) is 0 Å². The molecule has 0 unspecified atom stereocenters. The van der Waals surface area contributed by atoms with E-state index in [0.29, 0.717) is 17.8 Å². The summed E-state index contributed by atoms with van der Waals surface area (Å²) < 4.78 is 14.3. The van der Waals surface area contributed by atoms with Gasteiger partial charge in [-0.3, -0.25) is 0 Å². The molecule has 0 aliphatic rings. The van der Waals surface area contributed by atoms with Crippen molar-refractivity contribution in [1.29, 1.82) is 5.26 Å². The van der Waals surface area contributed by atoms with Crippen molar-refractivity contribution in [3.8, 4) is 6.07 Å². The number of nitrogens with zero attached hydrogens (tertiary/aromatic N) is 2. The molecule has 0 saturated heterocycles. The number of nitriles is 1. The first-order valence-corrected chi connectivity index (χ1v) is 6.81. The molecular weight excluding hydrogens is 267 g/mol. The fourth-order valence-corrected chi connectivity index (χ4v) is 2.29. The van der Waals surface area contributed by atoms with Crippen molar-refractivity contribution < 1.29 is 9.50 Å². The molecule has 0 radical (unpaired) electrons. The van der Waals surface area contributed by atoms with Crippen LogP contribution in [0, 0.1) is 17.1 Å². The van der Waals surface area contributed by atoms with Crippen LogP contribution in [0.2, 0.25) is 0 Å². The number of hydrogen-bond acceptors (Lipinski definition) is 3. The summed E-state index contributed by atoms with van der Waals surface area (Å²) in [5.74, 6) is -0.407. The van der Waals surface area contributed by atoms with E-state index in [9.17, 15) is 9.50 Å². The summed E-state index contributed by atoms with van der Waals surface area (Å²) >= 11 is 0. The van der Waals surface area contributed by atoms with E-state index in [-0.39, 0.29) is 6.42 Å². The number of aliphatic hydroxyl groups excluding tert-OH is 1. The van der Waals surface area contributed by atoms with Crippen LogP contribution in [-0.2, 0) is 0 Å². The van der Waals surface area contributed by atoms with Crippen LogP contribution in [0.1, 0.15) is 25.0 Å². The molecule has 0 aromatic heterocycles. The summed E-state index contributed by atoms with van der Waals surface area (Å²) in [6.45, 7) is 1.97. The number of aliphatic hydroxyl groups is 1. The zero-order valence-electron chi connectivity index (χ0n) is 11.8. The summed E-state index contributed by atoms with van der Waals surface area (Å²) in [4.78, 5) is 1.74. The van der Waals surface area contributed by atoms with Gasteiger partial charge in [-0.1, -0.05) is 30.3 Å². The van der Waals surface area contributed by atoms with Gasteiger partial charge in [-0.15, -0.1) is 0 Å². The second-order valence-electron chi connectivity index (χ2n) is 4.75. The van der Waals surface area contributed by atoms with Gasteiger partial charge in [0.15, 0.2) is 0 Å². The van der Waals surface area contributed by atoms with Crippen molar-refractivity contribution in [1.82, 2.24) is 0 Å². The number of benzene rings is 2. The lowest BCUT2D eigenvalue weighted by Crippen LogP contribution is -2.21. The van der Waals surface area contributed by atoms with Crippen molar-refractivity contribution in [3.63, 3.8) is 0 Å². The third-order valence-corrected chi connectivity index (χ3v) is 3.25. The van der Waals surface area contributed by atoms with Gasteiger partial charge in [-0.25, -0.2) is 4.39 Å². The van der Waals surface area contributed by atoms with Crippen LogP contribution in [0.3, 0.4) is 0 Å². The molecule has 0 saturated carbocycles. The van der Waals surface area contributed by atoms with E-state index >= 15 is 0 Å². The molecule has 21 heavy (non-hydrogen) atoms. The Balaban J connectivity index is 2.54. The third kappa shape index (κ3) is 3.39. The van der Waals surface area contributed by atoms with Gasteiger partial charge in [0.05, 0.1) is 24.3 Å². The molecule has 0 heterocycles. The molecule has 0 spiro atoms. The van der Waals surface area contributed by atoms with E-state index in [1.807, 2.05) is 30.3 Å². The second-order valence-corrected chi connectivity index (χ2v) is 4.75. The normalized spacial score (nSPS) is 11.7. The molecule has 2 rings (SSSR count). The predicted octanol–water partition coefficient (Wildman–Crippen LogP) is 3.93. The van der Waals surface area contributed by atoms with Gasteiger partial charge < -0.3 is 10.0 Å². The Hall–Kier alpha value is -2.38. The highest BCUT2D eigenvalue weighted by Gasteiger charge is 2.19. The highest BCUT2D eigenvalue weighted by atomic mass is 19.1. The van der Waals surface area contributed by atoms with Gasteiger partial charge in [0.25, 0.3) is 0 Å². The summed E-state index contributed by atoms with van der Waals surface area (Å²) in [6.07, 6.45) is -0.522. The van der Waals surface area contributed by atoms with Crippen molar-refractivity contribution in [2.45, 2.75) is 19.4 Å². The van der Waals surface area contributed by atoms with Crippen LogP contribution in [0.15, 0.2) is 48.5 Å². The molecule has 108 valence electrons. The fourth-order valence-electron chi connectivity index (χ4n) is 2.29. The lowest BCUT2D eigenvalue weighted by Gasteiger charge is -2.27. The van der Waals surface area contributed by atoms with Crippen LogP contribution in [0.4, 0.5) is 15.8 Å². The largest absolute Gasteiger partial charge is 0.389 e. The van der Waals surface area contributed by atoms with E-state index in [1.54, 1.807) is 24.0 Å². The maximum Gasteiger partial charge on any atom is 0.147 e. The Morgan fingerprint density at radius 2 is 1.90 bits per heavy atom. The number of para-hydroxylation sites is 2. The first kappa shape index (κ1) is 15.0. The van der Waals surface area contributed by atoms with E-state index in [1.165, 1.54) is 6.07 Å². The van der Waals surface area contributed by atoms with E-state index in [4.69, 9.17) is 5.26 Å². The fraction of sp³-hybridized carbons (Fsp3) is 0.235. The molecule has 3 nitrogen and oxygen atoms in total. The van der Waals surface area contributed by atoms with Crippen LogP contribution < -0.4 is 4.90 Å². The SMILES string of the molecule is C[C@@H](O)c1cccc(F)c1N(CCC#N)c1ccccc1. The highest BCUT2D eigenvalue weighted by molar-refractivity contribution is 5.67. The third-order valence-electron chi connectivity index (χ3n) is 3.25. The van der Waals surface area contributed by atoms with Gasteiger partial charge in [-0.05, 0) is 25.1 Å². The lowest BCUT2D eigenvalue weighted by atomic mass is 10.1. The van der Waals surface area contributed by atoms with Crippen molar-refractivity contribution in [3.05, 3.63) is 59.9 Å². The summed E-state index contributed by atoms with van der Waals surface area (Å²) in [5.41, 5.74) is 1.63. The summed E-state index contributed by atoms with van der Waals surface area (Å²) in [5, 5.41) is 18.7. The van der Waals surface area contributed by atoms with Gasteiger partial charge in [-0.2, -0.15) is 5.26 Å². The molecule has 0 aliphatic carbocycles. The molecule has 0 fully saturated rings. The monoisotopic (exact) mass is 284 g/mol. The average molecular weight is 284 g/mol. The Bertz CT molecular complexity index is 635. The van der Waals surface area contributed by atoms with E-state index in [0.717, 1.165) is 5.69 Å². The van der Waals surface area contributed by atoms with E-state index in [2.05, 4.69) is 6.07 Å². The van der Waals surface area contributed by atoms with Gasteiger partial charge in [0.2, 0.25) is 0 Å². The Morgan fingerprint density at radius 1 is 1.19 bits per heavy atom. The molecular formula is C17H17FN2O. The molecule has 4 heteroatoms. The molecule has 1 N–H and O–H groups in total. The zero-order chi connectivity index (χ0) is 15.2.